The lowest BCUT2D eigenvalue weighted by Crippen LogP contribution is -2.43. The van der Waals surface area contributed by atoms with E-state index in [0.717, 1.165) is 18.7 Å². The number of ketones is 1. The number of Topliss-reactive ketones (excluding diaryl/α,β-unsaturated/α-hetero) is 1. The maximum absolute atomic E-state index is 12.4. The fraction of sp³-hybridized carbons (Fsp3) is 0.562. The summed E-state index contributed by atoms with van der Waals surface area (Å²) in [6.07, 6.45) is 3.08. The molecule has 2 saturated heterocycles. The molecule has 0 aromatic heterocycles. The Morgan fingerprint density at radius 1 is 1.20 bits per heavy atom. The Kier molecular flexibility index (Phi) is 3.66. The smallest absolute Gasteiger partial charge is 0.161 e. The second-order valence-corrected chi connectivity index (χ2v) is 5.63. The van der Waals surface area contributed by atoms with Gasteiger partial charge in [-0.1, -0.05) is 6.07 Å². The first kappa shape index (κ1) is 13.4. The minimum atomic E-state index is -0.0239. The Morgan fingerprint density at radius 3 is 2.75 bits per heavy atom. The molecule has 0 N–H and O–H groups in total. The maximum atomic E-state index is 12.4. The van der Waals surface area contributed by atoms with Crippen LogP contribution in [-0.2, 0) is 4.79 Å². The molecule has 0 radical (unpaired) electrons. The lowest BCUT2D eigenvalue weighted by molar-refractivity contribution is -0.124. The van der Waals surface area contributed by atoms with Gasteiger partial charge in [0.25, 0.3) is 0 Å². The molecule has 1 aromatic rings. The molecule has 2 aliphatic heterocycles. The van der Waals surface area contributed by atoms with E-state index in [2.05, 4.69) is 4.90 Å². The average molecular weight is 275 g/mol. The van der Waals surface area contributed by atoms with Crippen LogP contribution in [0.3, 0.4) is 0 Å². The number of hydrogen-bond acceptors (Lipinski definition) is 4. The molecule has 4 heteroatoms. The van der Waals surface area contributed by atoms with Crippen LogP contribution in [0.4, 0.5) is 0 Å². The SMILES string of the molecule is COc1ccc([C@H]2CN3CCC[C@@H]3CC2=O)cc1OC. The van der Waals surface area contributed by atoms with Gasteiger partial charge in [-0.3, -0.25) is 9.69 Å². The minimum Gasteiger partial charge on any atom is -0.493 e. The van der Waals surface area contributed by atoms with Gasteiger partial charge in [-0.15, -0.1) is 0 Å². The summed E-state index contributed by atoms with van der Waals surface area (Å²) in [6, 6.07) is 6.30. The summed E-state index contributed by atoms with van der Waals surface area (Å²) < 4.78 is 10.6. The summed E-state index contributed by atoms with van der Waals surface area (Å²) in [5, 5.41) is 0. The topological polar surface area (TPSA) is 38.8 Å². The van der Waals surface area contributed by atoms with Gasteiger partial charge in [0.2, 0.25) is 0 Å². The highest BCUT2D eigenvalue weighted by Gasteiger charge is 2.37. The Bertz CT molecular complexity index is 514. The molecule has 2 aliphatic rings. The second-order valence-electron chi connectivity index (χ2n) is 5.63. The molecule has 0 unspecified atom stereocenters. The van der Waals surface area contributed by atoms with Crippen molar-refractivity contribution in [3.63, 3.8) is 0 Å². The summed E-state index contributed by atoms with van der Waals surface area (Å²) in [7, 11) is 3.25. The third-order valence-corrected chi connectivity index (χ3v) is 4.55. The predicted octanol–water partition coefficient (Wildman–Crippen LogP) is 2.22. The van der Waals surface area contributed by atoms with E-state index in [-0.39, 0.29) is 5.92 Å². The normalized spacial score (nSPS) is 26.4. The van der Waals surface area contributed by atoms with Crippen LogP contribution in [0.15, 0.2) is 18.2 Å². The summed E-state index contributed by atoms with van der Waals surface area (Å²) in [5.74, 6) is 1.74. The largest absolute Gasteiger partial charge is 0.493 e. The van der Waals surface area contributed by atoms with Crippen molar-refractivity contribution in [2.24, 2.45) is 0 Å². The molecule has 1 aromatic carbocycles. The molecule has 4 nitrogen and oxygen atoms in total. The molecule has 0 bridgehead atoms. The Balaban J connectivity index is 1.86. The van der Waals surface area contributed by atoms with Crippen molar-refractivity contribution in [3.05, 3.63) is 23.8 Å². The number of ether oxygens (including phenoxy) is 2. The number of nitrogens with zero attached hydrogens (tertiary/aromatic N) is 1. The van der Waals surface area contributed by atoms with Gasteiger partial charge in [0, 0.05) is 19.0 Å². The number of carbonyl (C=O) groups excluding carboxylic acids is 1. The molecule has 108 valence electrons. The van der Waals surface area contributed by atoms with Gasteiger partial charge >= 0.3 is 0 Å². The van der Waals surface area contributed by atoms with Gasteiger partial charge in [0.1, 0.15) is 5.78 Å². The first-order valence-electron chi connectivity index (χ1n) is 7.21. The van der Waals surface area contributed by atoms with E-state index in [1.54, 1.807) is 14.2 Å². The van der Waals surface area contributed by atoms with E-state index < -0.39 is 0 Å². The zero-order valence-corrected chi connectivity index (χ0v) is 12.1. The number of hydrogen-bond donors (Lipinski definition) is 0. The van der Waals surface area contributed by atoms with E-state index in [1.807, 2.05) is 18.2 Å². The minimum absolute atomic E-state index is 0.0239. The van der Waals surface area contributed by atoms with Crippen molar-refractivity contribution < 1.29 is 14.3 Å². The van der Waals surface area contributed by atoms with Crippen LogP contribution in [0.1, 0.15) is 30.7 Å². The monoisotopic (exact) mass is 275 g/mol. The third kappa shape index (κ3) is 2.29. The zero-order chi connectivity index (χ0) is 14.1. The van der Waals surface area contributed by atoms with Crippen molar-refractivity contribution in [1.29, 1.82) is 0 Å². The van der Waals surface area contributed by atoms with E-state index in [0.29, 0.717) is 29.7 Å². The number of carbonyl (C=O) groups is 1. The van der Waals surface area contributed by atoms with Gasteiger partial charge < -0.3 is 9.47 Å². The van der Waals surface area contributed by atoms with Crippen molar-refractivity contribution in [2.75, 3.05) is 27.3 Å². The Labute approximate surface area is 119 Å². The average Bonchev–Trinajstić information content (AvgIpc) is 2.92. The van der Waals surface area contributed by atoms with Gasteiger partial charge in [-0.25, -0.2) is 0 Å². The molecule has 2 atom stereocenters. The van der Waals surface area contributed by atoms with Crippen molar-refractivity contribution >= 4 is 5.78 Å². The fourth-order valence-corrected chi connectivity index (χ4v) is 3.44. The van der Waals surface area contributed by atoms with Crippen LogP contribution in [-0.4, -0.2) is 44.0 Å². The van der Waals surface area contributed by atoms with E-state index in [9.17, 15) is 4.79 Å². The van der Waals surface area contributed by atoms with Gasteiger partial charge in [0.15, 0.2) is 11.5 Å². The third-order valence-electron chi connectivity index (χ3n) is 4.55. The van der Waals surface area contributed by atoms with Crippen LogP contribution in [0.2, 0.25) is 0 Å². The molecule has 0 aliphatic carbocycles. The van der Waals surface area contributed by atoms with Crippen LogP contribution < -0.4 is 9.47 Å². The van der Waals surface area contributed by atoms with Crippen molar-refractivity contribution in [1.82, 2.24) is 4.90 Å². The number of fused-ring (bicyclic) bond motifs is 1. The maximum Gasteiger partial charge on any atom is 0.161 e. The predicted molar refractivity (Wildman–Crippen MR) is 76.5 cm³/mol. The van der Waals surface area contributed by atoms with Crippen molar-refractivity contribution in [2.45, 2.75) is 31.2 Å². The van der Waals surface area contributed by atoms with Gasteiger partial charge in [-0.2, -0.15) is 0 Å². The number of benzene rings is 1. The lowest BCUT2D eigenvalue weighted by Gasteiger charge is -2.34. The molecular weight excluding hydrogens is 254 g/mol. The molecule has 2 heterocycles. The van der Waals surface area contributed by atoms with Crippen LogP contribution in [0.5, 0.6) is 11.5 Å². The Morgan fingerprint density at radius 2 is 2.00 bits per heavy atom. The second kappa shape index (κ2) is 5.44. The zero-order valence-electron chi connectivity index (χ0n) is 12.1. The quantitative estimate of drug-likeness (QED) is 0.848. The van der Waals surface area contributed by atoms with E-state index in [4.69, 9.17) is 9.47 Å². The molecule has 3 rings (SSSR count). The first-order chi connectivity index (χ1) is 9.72. The number of piperidine rings is 1. The number of rotatable bonds is 3. The molecule has 0 spiro atoms. The summed E-state index contributed by atoms with van der Waals surface area (Å²) in [4.78, 5) is 14.9. The van der Waals surface area contributed by atoms with Crippen LogP contribution in [0.25, 0.3) is 0 Å². The highest BCUT2D eigenvalue weighted by Crippen LogP contribution is 2.36. The fourth-order valence-electron chi connectivity index (χ4n) is 3.44. The molecular formula is C16H21NO3. The molecule has 2 fully saturated rings. The standard InChI is InChI=1S/C16H21NO3/c1-19-15-6-5-11(8-16(15)20-2)13-10-17-7-3-4-12(17)9-14(13)18/h5-6,8,12-13H,3-4,7,9-10H2,1-2H3/t12-,13-/m1/s1. The van der Waals surface area contributed by atoms with Gasteiger partial charge in [-0.05, 0) is 37.1 Å². The highest BCUT2D eigenvalue weighted by atomic mass is 16.5. The first-order valence-corrected chi connectivity index (χ1v) is 7.21. The van der Waals surface area contributed by atoms with E-state index >= 15 is 0 Å². The lowest BCUT2D eigenvalue weighted by atomic mass is 9.86. The van der Waals surface area contributed by atoms with E-state index in [1.165, 1.54) is 12.8 Å². The van der Waals surface area contributed by atoms with Gasteiger partial charge in [0.05, 0.1) is 20.1 Å². The van der Waals surface area contributed by atoms with Crippen LogP contribution >= 0.6 is 0 Å². The highest BCUT2D eigenvalue weighted by molar-refractivity contribution is 5.87. The molecule has 0 saturated carbocycles. The Hall–Kier alpha value is -1.55. The number of methoxy groups -OCH3 is 2. The summed E-state index contributed by atoms with van der Waals surface area (Å²) >= 11 is 0. The van der Waals surface area contributed by atoms with Crippen LogP contribution in [0, 0.1) is 0 Å². The molecule has 0 amide bonds. The summed E-state index contributed by atoms with van der Waals surface area (Å²) in [6.45, 7) is 1.97. The summed E-state index contributed by atoms with van der Waals surface area (Å²) in [5.41, 5.74) is 1.04. The van der Waals surface area contributed by atoms with Crippen molar-refractivity contribution in [3.8, 4) is 11.5 Å². The molecule has 20 heavy (non-hydrogen) atoms.